The van der Waals surface area contributed by atoms with Crippen LogP contribution in [-0.4, -0.2) is 5.91 Å². The number of hydrogen-bond donors (Lipinski definition) is 1. The van der Waals surface area contributed by atoms with E-state index in [1.54, 1.807) is 6.07 Å². The molecule has 0 fully saturated rings. The smallest absolute Gasteiger partial charge is 0.265 e. The van der Waals surface area contributed by atoms with Gasteiger partial charge in [-0.25, -0.2) is 4.39 Å². The Balaban J connectivity index is 1.63. The maximum atomic E-state index is 13.2. The van der Waals surface area contributed by atoms with Crippen LogP contribution in [0.2, 0.25) is 5.02 Å². The van der Waals surface area contributed by atoms with E-state index in [9.17, 15) is 9.18 Å². The molecule has 6 heteroatoms. The van der Waals surface area contributed by atoms with Crippen LogP contribution in [0, 0.1) is 19.7 Å². The van der Waals surface area contributed by atoms with Crippen molar-refractivity contribution in [3.63, 3.8) is 0 Å². The molecule has 0 saturated heterocycles. The fourth-order valence-electron chi connectivity index (χ4n) is 2.46. The van der Waals surface area contributed by atoms with E-state index >= 15 is 0 Å². The number of ether oxygens (including phenoxy) is 1. The van der Waals surface area contributed by atoms with Gasteiger partial charge in [-0.05, 0) is 55.1 Å². The molecule has 2 aromatic carbocycles. The van der Waals surface area contributed by atoms with E-state index in [-0.39, 0.29) is 10.9 Å². The molecule has 0 aliphatic heterocycles. The van der Waals surface area contributed by atoms with Crippen LogP contribution in [0.25, 0.3) is 0 Å². The molecule has 0 aliphatic carbocycles. The van der Waals surface area contributed by atoms with Gasteiger partial charge in [-0.15, -0.1) is 11.3 Å². The first kappa shape index (κ1) is 18.4. The lowest BCUT2D eigenvalue weighted by atomic mass is 10.1. The van der Waals surface area contributed by atoms with E-state index in [0.717, 1.165) is 16.9 Å². The Morgan fingerprint density at radius 3 is 2.73 bits per heavy atom. The van der Waals surface area contributed by atoms with E-state index in [4.69, 9.17) is 16.3 Å². The minimum atomic E-state index is -0.522. The number of nitrogens with one attached hydrogen (secondary N) is 1. The Bertz CT molecular complexity index is 955. The third-order valence-electron chi connectivity index (χ3n) is 3.78. The summed E-state index contributed by atoms with van der Waals surface area (Å²) in [6, 6.07) is 11.9. The standard InChI is InChI=1S/C20H17ClFNO2S/c1-12-3-6-18(13(2)7-12)25-10-14-8-19(26-11-14)20(24)23-15-4-5-17(22)16(21)9-15/h3-9,11H,10H2,1-2H3,(H,23,24). The van der Waals surface area contributed by atoms with Crippen molar-refractivity contribution >= 4 is 34.5 Å². The van der Waals surface area contributed by atoms with Crippen molar-refractivity contribution in [1.29, 1.82) is 0 Å². The number of rotatable bonds is 5. The largest absolute Gasteiger partial charge is 0.489 e. The molecule has 0 saturated carbocycles. The Labute approximate surface area is 160 Å². The van der Waals surface area contributed by atoms with Crippen molar-refractivity contribution < 1.29 is 13.9 Å². The van der Waals surface area contributed by atoms with Gasteiger partial charge in [0.1, 0.15) is 18.2 Å². The van der Waals surface area contributed by atoms with Gasteiger partial charge in [0.25, 0.3) is 5.91 Å². The summed E-state index contributed by atoms with van der Waals surface area (Å²) >= 11 is 7.06. The maximum absolute atomic E-state index is 13.2. The molecule has 3 nitrogen and oxygen atoms in total. The highest BCUT2D eigenvalue weighted by molar-refractivity contribution is 7.12. The fraction of sp³-hybridized carbons (Fsp3) is 0.150. The summed E-state index contributed by atoms with van der Waals surface area (Å²) in [4.78, 5) is 12.9. The summed E-state index contributed by atoms with van der Waals surface area (Å²) in [5.41, 5.74) is 3.62. The van der Waals surface area contributed by atoms with Gasteiger partial charge in [0.15, 0.2) is 0 Å². The molecule has 134 valence electrons. The minimum absolute atomic E-state index is 0.0310. The highest BCUT2D eigenvalue weighted by Gasteiger charge is 2.11. The van der Waals surface area contributed by atoms with Crippen molar-refractivity contribution in [2.45, 2.75) is 20.5 Å². The van der Waals surface area contributed by atoms with E-state index in [1.807, 2.05) is 31.4 Å². The Hall–Kier alpha value is -2.37. The summed E-state index contributed by atoms with van der Waals surface area (Å²) in [6.45, 7) is 4.42. The molecular formula is C20H17ClFNO2S. The van der Waals surface area contributed by atoms with Gasteiger partial charge < -0.3 is 10.1 Å². The fourth-order valence-corrected chi connectivity index (χ4v) is 3.43. The number of carbonyl (C=O) groups excluding carboxylic acids is 1. The maximum Gasteiger partial charge on any atom is 0.265 e. The molecule has 0 spiro atoms. The van der Waals surface area contributed by atoms with Gasteiger partial charge in [-0.1, -0.05) is 29.3 Å². The summed E-state index contributed by atoms with van der Waals surface area (Å²) in [6.07, 6.45) is 0. The molecule has 0 unspecified atom stereocenters. The molecule has 1 heterocycles. The molecule has 0 aliphatic rings. The Morgan fingerprint density at radius 1 is 1.19 bits per heavy atom. The van der Waals surface area contributed by atoms with Crippen LogP contribution in [0.5, 0.6) is 5.75 Å². The lowest BCUT2D eigenvalue weighted by molar-refractivity contribution is 0.103. The number of carbonyl (C=O) groups is 1. The molecular weight excluding hydrogens is 373 g/mol. The van der Waals surface area contributed by atoms with Gasteiger partial charge in [0.2, 0.25) is 0 Å². The van der Waals surface area contributed by atoms with Crippen molar-refractivity contribution in [1.82, 2.24) is 0 Å². The predicted molar refractivity (Wildman–Crippen MR) is 104 cm³/mol. The highest BCUT2D eigenvalue weighted by Crippen LogP contribution is 2.23. The molecule has 1 amide bonds. The Kier molecular flexibility index (Phi) is 5.59. The van der Waals surface area contributed by atoms with Crippen molar-refractivity contribution in [3.8, 4) is 5.75 Å². The number of anilines is 1. The second-order valence-electron chi connectivity index (χ2n) is 5.96. The quantitative estimate of drug-likeness (QED) is 0.582. The average molecular weight is 390 g/mol. The second kappa shape index (κ2) is 7.89. The number of thiophene rings is 1. The highest BCUT2D eigenvalue weighted by atomic mass is 35.5. The molecule has 1 N–H and O–H groups in total. The van der Waals surface area contributed by atoms with Crippen LogP contribution < -0.4 is 10.1 Å². The zero-order valence-electron chi connectivity index (χ0n) is 14.3. The van der Waals surface area contributed by atoms with Gasteiger partial charge in [0.05, 0.1) is 9.90 Å². The molecule has 1 aromatic heterocycles. The lowest BCUT2D eigenvalue weighted by Gasteiger charge is -2.08. The van der Waals surface area contributed by atoms with E-state index < -0.39 is 5.82 Å². The molecule has 26 heavy (non-hydrogen) atoms. The van der Waals surface area contributed by atoms with Crippen LogP contribution in [0.4, 0.5) is 10.1 Å². The lowest BCUT2D eigenvalue weighted by Crippen LogP contribution is -2.10. The monoisotopic (exact) mass is 389 g/mol. The predicted octanol–water partition coefficient (Wildman–Crippen LogP) is 5.99. The van der Waals surface area contributed by atoms with Crippen LogP contribution in [-0.2, 0) is 6.61 Å². The second-order valence-corrected chi connectivity index (χ2v) is 7.28. The zero-order valence-corrected chi connectivity index (χ0v) is 15.9. The molecule has 0 radical (unpaired) electrons. The molecule has 0 atom stereocenters. The van der Waals surface area contributed by atoms with Crippen LogP contribution in [0.1, 0.15) is 26.4 Å². The Morgan fingerprint density at radius 2 is 2.00 bits per heavy atom. The number of benzene rings is 2. The van der Waals surface area contributed by atoms with E-state index in [2.05, 4.69) is 11.4 Å². The van der Waals surface area contributed by atoms with Gasteiger partial charge >= 0.3 is 0 Å². The number of hydrogen-bond acceptors (Lipinski definition) is 3. The number of halogens is 2. The topological polar surface area (TPSA) is 38.3 Å². The van der Waals surface area contributed by atoms with E-state index in [0.29, 0.717) is 17.2 Å². The SMILES string of the molecule is Cc1ccc(OCc2csc(C(=O)Nc3ccc(F)c(Cl)c3)c2)c(C)c1. The first-order valence-corrected chi connectivity index (χ1v) is 9.22. The summed E-state index contributed by atoms with van der Waals surface area (Å²) in [7, 11) is 0. The first-order chi connectivity index (χ1) is 12.4. The van der Waals surface area contributed by atoms with Crippen molar-refractivity contribution in [3.05, 3.63) is 80.3 Å². The van der Waals surface area contributed by atoms with Crippen molar-refractivity contribution in [2.75, 3.05) is 5.32 Å². The summed E-state index contributed by atoms with van der Waals surface area (Å²) < 4.78 is 19.0. The van der Waals surface area contributed by atoms with Gasteiger partial charge in [-0.2, -0.15) is 0 Å². The molecule has 3 aromatic rings. The number of aryl methyl sites for hydroxylation is 2. The normalized spacial score (nSPS) is 10.6. The molecule has 0 bridgehead atoms. The summed E-state index contributed by atoms with van der Waals surface area (Å²) in [5.74, 6) is 0.0378. The third-order valence-corrected chi connectivity index (χ3v) is 5.05. The van der Waals surface area contributed by atoms with Gasteiger partial charge in [-0.3, -0.25) is 4.79 Å². The van der Waals surface area contributed by atoms with Crippen molar-refractivity contribution in [2.24, 2.45) is 0 Å². The zero-order chi connectivity index (χ0) is 18.7. The van der Waals surface area contributed by atoms with Crippen LogP contribution >= 0.6 is 22.9 Å². The molecule has 3 rings (SSSR count). The van der Waals surface area contributed by atoms with E-state index in [1.165, 1.54) is 35.1 Å². The third kappa shape index (κ3) is 4.42. The summed E-state index contributed by atoms with van der Waals surface area (Å²) in [5, 5.41) is 4.56. The number of amides is 1. The minimum Gasteiger partial charge on any atom is -0.489 e. The van der Waals surface area contributed by atoms with Gasteiger partial charge in [0, 0.05) is 11.3 Å². The first-order valence-electron chi connectivity index (χ1n) is 7.96. The van der Waals surface area contributed by atoms with Crippen LogP contribution in [0.15, 0.2) is 47.8 Å². The average Bonchev–Trinajstić information content (AvgIpc) is 3.06. The van der Waals surface area contributed by atoms with Crippen LogP contribution in [0.3, 0.4) is 0 Å².